The van der Waals surface area contributed by atoms with Crippen molar-refractivity contribution in [3.05, 3.63) is 0 Å². The van der Waals surface area contributed by atoms with Crippen molar-refractivity contribution in [2.24, 2.45) is 0 Å². The number of unbranched alkanes of at least 4 members (excludes halogenated alkanes) is 9. The van der Waals surface area contributed by atoms with Crippen LogP contribution in [-0.4, -0.2) is 114 Å². The fraction of sp³-hybridized carbons (Fsp3) is 1.00. The molecule has 0 aromatic rings. The van der Waals surface area contributed by atoms with E-state index in [0.29, 0.717) is 6.42 Å². The predicted octanol–water partition coefficient (Wildman–Crippen LogP) is -1.03. The normalized spacial score (nSPS) is 44.1. The van der Waals surface area contributed by atoms with Crippen molar-refractivity contribution < 1.29 is 59.8 Å². The lowest BCUT2D eigenvalue weighted by Crippen LogP contribution is -2.69. The summed E-state index contributed by atoms with van der Waals surface area (Å²) in [6, 6.07) is 0. The Kier molecular flexibility index (Phi) is 10.1. The highest BCUT2D eigenvalue weighted by molar-refractivity contribution is 5.19. The Balaban J connectivity index is 1.63. The molecule has 3 heterocycles. The zero-order chi connectivity index (χ0) is 26.6. The first-order valence-corrected chi connectivity index (χ1v) is 13.2. The molecule has 0 spiro atoms. The van der Waals surface area contributed by atoms with Crippen LogP contribution < -0.4 is 0 Å². The van der Waals surface area contributed by atoms with E-state index >= 15 is 0 Å². The predicted molar refractivity (Wildman–Crippen MR) is 123 cm³/mol. The minimum absolute atomic E-state index is 0.108. The fourth-order valence-corrected chi connectivity index (χ4v) is 5.33. The zero-order valence-corrected chi connectivity index (χ0v) is 21.0. The Labute approximate surface area is 211 Å². The summed E-state index contributed by atoms with van der Waals surface area (Å²) in [6.45, 7) is -0.319. The number of fused-ring (bicyclic) bond motifs is 1. The maximum atomic E-state index is 11.4. The van der Waals surface area contributed by atoms with Gasteiger partial charge in [0.15, 0.2) is 5.60 Å². The average Bonchev–Trinajstić information content (AvgIpc) is 3.41. The number of hydrogen-bond acceptors (Lipinski definition) is 12. The third-order valence-electron chi connectivity index (χ3n) is 7.69. The van der Waals surface area contributed by atoms with Gasteiger partial charge in [0, 0.05) is 0 Å². The van der Waals surface area contributed by atoms with Crippen molar-refractivity contribution in [2.75, 3.05) is 19.8 Å². The van der Waals surface area contributed by atoms with Crippen molar-refractivity contribution in [1.29, 1.82) is 0 Å². The molecule has 3 rings (SSSR count). The quantitative estimate of drug-likeness (QED) is 0.0902. The molecule has 8 N–H and O–H groups in total. The Hall–Kier alpha value is -0.480. The lowest BCUT2D eigenvalue weighted by molar-refractivity contribution is -0.410. The molecule has 0 radical (unpaired) electrons. The van der Waals surface area contributed by atoms with Crippen molar-refractivity contribution in [3.8, 4) is 0 Å². The summed E-state index contributed by atoms with van der Waals surface area (Å²) in [5.41, 5.74) is -2.31. The van der Waals surface area contributed by atoms with E-state index in [2.05, 4.69) is 6.92 Å². The SMILES string of the molecule is CCCCCCCCCCCC[C@]1(O)[C@H](O)[C@@H](CO)O[C@]2(OC3(CO)O[C@H](CO)[C@@H](O)[C@@H]3O)O[C@]21O. The fourth-order valence-electron chi connectivity index (χ4n) is 5.33. The zero-order valence-electron chi connectivity index (χ0n) is 21.0. The van der Waals surface area contributed by atoms with Crippen LogP contribution in [0.15, 0.2) is 0 Å². The summed E-state index contributed by atoms with van der Waals surface area (Å²) >= 11 is 0. The molecule has 212 valence electrons. The van der Waals surface area contributed by atoms with Gasteiger partial charge in [-0.15, -0.1) is 0 Å². The van der Waals surface area contributed by atoms with E-state index in [4.69, 9.17) is 18.9 Å². The van der Waals surface area contributed by atoms with Gasteiger partial charge in [-0.3, -0.25) is 9.47 Å². The maximum Gasteiger partial charge on any atom is 0.349 e. The molecule has 0 saturated carbocycles. The van der Waals surface area contributed by atoms with Crippen LogP contribution in [0.5, 0.6) is 0 Å². The molecule has 3 aliphatic heterocycles. The van der Waals surface area contributed by atoms with Gasteiger partial charge in [-0.2, -0.15) is 0 Å². The second kappa shape index (κ2) is 12.1. The van der Waals surface area contributed by atoms with E-state index in [1.165, 1.54) is 32.1 Å². The van der Waals surface area contributed by atoms with Crippen LogP contribution in [0.3, 0.4) is 0 Å². The summed E-state index contributed by atoms with van der Waals surface area (Å²) in [6.07, 6.45) is 2.22. The molecule has 3 saturated heterocycles. The molecule has 0 aliphatic carbocycles. The molecule has 0 bridgehead atoms. The molecular weight excluding hydrogens is 480 g/mol. The molecule has 36 heavy (non-hydrogen) atoms. The van der Waals surface area contributed by atoms with Gasteiger partial charge in [-0.25, -0.2) is 0 Å². The first-order chi connectivity index (χ1) is 17.1. The number of aliphatic hydroxyl groups excluding tert-OH is 6. The molecular formula is C24H44O12. The molecule has 12 heteroatoms. The van der Waals surface area contributed by atoms with Crippen LogP contribution in [0.2, 0.25) is 0 Å². The maximum absolute atomic E-state index is 11.4. The third-order valence-corrected chi connectivity index (χ3v) is 7.69. The van der Waals surface area contributed by atoms with Crippen LogP contribution in [0.4, 0.5) is 0 Å². The lowest BCUT2D eigenvalue weighted by Gasteiger charge is -2.45. The molecule has 1 unspecified atom stereocenters. The van der Waals surface area contributed by atoms with E-state index in [1.807, 2.05) is 0 Å². The summed E-state index contributed by atoms with van der Waals surface area (Å²) in [7, 11) is 0. The molecule has 0 aromatic carbocycles. The minimum atomic E-state index is -2.61. The summed E-state index contributed by atoms with van der Waals surface area (Å²) < 4.78 is 21.7. The van der Waals surface area contributed by atoms with E-state index in [0.717, 1.165) is 25.7 Å². The average molecular weight is 525 g/mol. The van der Waals surface area contributed by atoms with Crippen LogP contribution in [0, 0.1) is 0 Å². The molecule has 0 amide bonds. The van der Waals surface area contributed by atoms with Crippen LogP contribution in [-0.2, 0) is 18.9 Å². The van der Waals surface area contributed by atoms with Gasteiger partial charge >= 0.3 is 5.97 Å². The summed E-state index contributed by atoms with van der Waals surface area (Å²) in [5.74, 6) is -7.50. The smallest absolute Gasteiger partial charge is 0.349 e. The highest BCUT2D eigenvalue weighted by atomic mass is 17.0. The van der Waals surface area contributed by atoms with Gasteiger partial charge in [-0.05, 0) is 6.42 Å². The monoisotopic (exact) mass is 524 g/mol. The van der Waals surface area contributed by atoms with Crippen LogP contribution >= 0.6 is 0 Å². The van der Waals surface area contributed by atoms with Crippen molar-refractivity contribution >= 4 is 0 Å². The summed E-state index contributed by atoms with van der Waals surface area (Å²) in [5, 5.41) is 82.9. The van der Waals surface area contributed by atoms with Crippen molar-refractivity contribution in [1.82, 2.24) is 0 Å². The Morgan fingerprint density at radius 3 is 1.78 bits per heavy atom. The molecule has 3 fully saturated rings. The number of epoxide rings is 1. The van der Waals surface area contributed by atoms with Crippen LogP contribution in [0.1, 0.15) is 77.6 Å². The van der Waals surface area contributed by atoms with E-state index < -0.39 is 73.5 Å². The van der Waals surface area contributed by atoms with E-state index in [-0.39, 0.29) is 6.42 Å². The highest BCUT2D eigenvalue weighted by Gasteiger charge is 2.89. The van der Waals surface area contributed by atoms with Crippen molar-refractivity contribution in [3.63, 3.8) is 0 Å². The molecule has 3 aliphatic rings. The number of rotatable bonds is 16. The van der Waals surface area contributed by atoms with Gasteiger partial charge in [0.05, 0.1) is 13.2 Å². The van der Waals surface area contributed by atoms with Crippen LogP contribution in [0.25, 0.3) is 0 Å². The second-order valence-electron chi connectivity index (χ2n) is 10.3. The Morgan fingerprint density at radius 2 is 1.28 bits per heavy atom. The Bertz CT molecular complexity index is 698. The second-order valence-corrected chi connectivity index (χ2v) is 10.3. The Morgan fingerprint density at radius 1 is 0.722 bits per heavy atom. The molecule has 0 aromatic heterocycles. The first-order valence-electron chi connectivity index (χ1n) is 13.2. The van der Waals surface area contributed by atoms with Crippen molar-refractivity contribution in [2.45, 2.75) is 131 Å². The highest BCUT2D eigenvalue weighted by Crippen LogP contribution is 2.62. The lowest BCUT2D eigenvalue weighted by atomic mass is 9.79. The summed E-state index contributed by atoms with van der Waals surface area (Å²) in [4.78, 5) is 0. The molecule has 12 nitrogen and oxygen atoms in total. The number of ether oxygens (including phenoxy) is 4. The standard InChI is InChI=1S/C24H44O12/c1-2-3-4-5-6-7-8-9-10-11-12-21(31)19(29)17(14-26)34-24(23(21,32)36-24)35-22(15-27)20(30)18(28)16(13-25)33-22/h16-20,25-32H,2-15H2,1H3/t16-,17-,18-,19-,20+,21+,22?,23+,24-/m1/s1. The molecule has 9 atom stereocenters. The first kappa shape index (κ1) is 30.1. The van der Waals surface area contributed by atoms with Gasteiger partial charge in [-0.1, -0.05) is 71.1 Å². The van der Waals surface area contributed by atoms with E-state index in [9.17, 15) is 40.9 Å². The largest absolute Gasteiger partial charge is 0.394 e. The number of hydrogen-bond donors (Lipinski definition) is 8. The van der Waals surface area contributed by atoms with Gasteiger partial charge in [0.2, 0.25) is 5.79 Å². The number of aliphatic hydroxyl groups is 8. The minimum Gasteiger partial charge on any atom is -0.394 e. The van der Waals surface area contributed by atoms with E-state index in [1.54, 1.807) is 0 Å². The van der Waals surface area contributed by atoms with Gasteiger partial charge < -0.3 is 50.3 Å². The third kappa shape index (κ3) is 5.33. The van der Waals surface area contributed by atoms with Gasteiger partial charge in [0.1, 0.15) is 37.1 Å². The topological polar surface area (TPSA) is 202 Å². The van der Waals surface area contributed by atoms with Gasteiger partial charge in [0.25, 0.3) is 5.79 Å².